The molecule has 3 N–H and O–H groups in total. The largest absolute Gasteiger partial charge is 0.363 e. The highest BCUT2D eigenvalue weighted by atomic mass is 32.2. The van der Waals surface area contributed by atoms with Gasteiger partial charge in [0.05, 0.1) is 12.1 Å². The quantitative estimate of drug-likeness (QED) is 0.347. The predicted molar refractivity (Wildman–Crippen MR) is 63.8 cm³/mol. The summed E-state index contributed by atoms with van der Waals surface area (Å²) in [5, 5.41) is 10.0. The Bertz CT molecular complexity index is 545. The summed E-state index contributed by atoms with van der Waals surface area (Å²) in [6.07, 6.45) is 0.705. The minimum absolute atomic E-state index is 0.116. The van der Waals surface area contributed by atoms with E-state index in [9.17, 15) is 18.0 Å². The smallest absolute Gasteiger partial charge is 0.313 e. The van der Waals surface area contributed by atoms with Crippen molar-refractivity contribution < 1.29 is 22.6 Å². The first-order valence-electron chi connectivity index (χ1n) is 5.65. The monoisotopic (exact) mass is 290 g/mol. The van der Waals surface area contributed by atoms with Gasteiger partial charge < -0.3 is 10.2 Å². The summed E-state index contributed by atoms with van der Waals surface area (Å²) in [6, 6.07) is -2.13. The number of urea groups is 1. The number of nitrogens with zero attached hydrogens (tertiary/aromatic N) is 2. The molecule has 0 aromatic heterocycles. The minimum Gasteiger partial charge on any atom is -0.313 e. The second kappa shape index (κ2) is 4.46. The standard InChI is InChI=1S/C9H14N4O5S/c1-5(14)11-8(10)7-3-2-6-4-12(7)9(15)13(6)19(16,17)18/h6-7H,2-4H2,1H3,(H2,10,11,14)(H,16,17,18)/t6-,7+/m1/s1. The molecule has 10 heteroatoms. The number of rotatable bonds is 2. The van der Waals surface area contributed by atoms with Crippen molar-refractivity contribution in [3.05, 3.63) is 0 Å². The summed E-state index contributed by atoms with van der Waals surface area (Å²) in [5.74, 6) is -0.568. The van der Waals surface area contributed by atoms with E-state index in [1.165, 1.54) is 11.8 Å². The molecule has 2 heterocycles. The lowest BCUT2D eigenvalue weighted by Crippen LogP contribution is -2.50. The van der Waals surface area contributed by atoms with E-state index in [1.54, 1.807) is 0 Å². The van der Waals surface area contributed by atoms with Gasteiger partial charge in [0.2, 0.25) is 5.91 Å². The van der Waals surface area contributed by atoms with Crippen molar-refractivity contribution in [2.45, 2.75) is 31.8 Å². The van der Waals surface area contributed by atoms with Gasteiger partial charge >= 0.3 is 16.3 Å². The average Bonchev–Trinajstić information content (AvgIpc) is 2.49. The van der Waals surface area contributed by atoms with Crippen LogP contribution >= 0.6 is 0 Å². The zero-order valence-corrected chi connectivity index (χ0v) is 11.0. The molecule has 2 bridgehead atoms. The van der Waals surface area contributed by atoms with E-state index in [-0.39, 0.29) is 12.4 Å². The van der Waals surface area contributed by atoms with Crippen LogP contribution in [0.3, 0.4) is 0 Å². The molecule has 2 aliphatic rings. The fourth-order valence-electron chi connectivity index (χ4n) is 2.50. The lowest BCUT2D eigenvalue weighted by molar-refractivity contribution is -0.117. The number of carbonyl (C=O) groups is 2. The molecule has 0 saturated carbocycles. The molecule has 2 saturated heterocycles. The number of hydrogen-bond donors (Lipinski definition) is 3. The van der Waals surface area contributed by atoms with Crippen LogP contribution in [0.4, 0.5) is 4.79 Å². The number of amides is 3. The van der Waals surface area contributed by atoms with Crippen molar-refractivity contribution >= 4 is 28.1 Å². The van der Waals surface area contributed by atoms with Gasteiger partial charge in [0.15, 0.2) is 0 Å². The lowest BCUT2D eigenvalue weighted by atomic mass is 10.00. The maximum Gasteiger partial charge on any atom is 0.363 e. The molecule has 2 atom stereocenters. The SMILES string of the molecule is CC(=O)NC(=N)[C@@H]1CC[C@@H]2CN1C(=O)N2S(=O)(=O)O. The number of fused-ring (bicyclic) bond motifs is 2. The molecule has 2 fully saturated rings. The van der Waals surface area contributed by atoms with E-state index < -0.39 is 34.3 Å². The molecule has 0 unspecified atom stereocenters. The van der Waals surface area contributed by atoms with Crippen LogP contribution in [0.5, 0.6) is 0 Å². The number of nitrogens with one attached hydrogen (secondary N) is 2. The van der Waals surface area contributed by atoms with Crippen LogP contribution in [0.15, 0.2) is 0 Å². The summed E-state index contributed by atoms with van der Waals surface area (Å²) in [4.78, 5) is 24.0. The zero-order valence-electron chi connectivity index (χ0n) is 10.2. The molecular weight excluding hydrogens is 276 g/mol. The number of carbonyl (C=O) groups excluding carboxylic acids is 2. The van der Waals surface area contributed by atoms with Crippen molar-refractivity contribution in [3.63, 3.8) is 0 Å². The first-order valence-corrected chi connectivity index (χ1v) is 7.05. The molecule has 0 radical (unpaired) electrons. The molecular formula is C9H14N4O5S. The first-order chi connectivity index (χ1) is 8.71. The Kier molecular flexibility index (Phi) is 3.22. The average molecular weight is 290 g/mol. The highest BCUT2D eigenvalue weighted by Crippen LogP contribution is 2.31. The summed E-state index contributed by atoms with van der Waals surface area (Å²) in [7, 11) is -4.59. The highest BCUT2D eigenvalue weighted by Gasteiger charge is 2.50. The van der Waals surface area contributed by atoms with Crippen molar-refractivity contribution in [1.82, 2.24) is 14.5 Å². The maximum atomic E-state index is 11.9. The Balaban J connectivity index is 2.22. The van der Waals surface area contributed by atoms with E-state index in [4.69, 9.17) is 9.96 Å². The molecule has 2 rings (SSSR count). The molecule has 3 amide bonds. The Hall–Kier alpha value is -1.68. The van der Waals surface area contributed by atoms with Gasteiger partial charge in [0.1, 0.15) is 5.84 Å². The normalized spacial score (nSPS) is 26.5. The zero-order chi connectivity index (χ0) is 14.4. The third-order valence-corrected chi connectivity index (χ3v) is 4.17. The van der Waals surface area contributed by atoms with Gasteiger partial charge in [0, 0.05) is 13.5 Å². The predicted octanol–water partition coefficient (Wildman–Crippen LogP) is -0.829. The lowest BCUT2D eigenvalue weighted by Gasteiger charge is -2.30. The van der Waals surface area contributed by atoms with Crippen LogP contribution in [-0.2, 0) is 15.1 Å². The van der Waals surface area contributed by atoms with Gasteiger partial charge in [-0.3, -0.25) is 14.8 Å². The summed E-state index contributed by atoms with van der Waals surface area (Å²) in [5.41, 5.74) is 0. The van der Waals surface area contributed by atoms with E-state index >= 15 is 0 Å². The van der Waals surface area contributed by atoms with E-state index in [1.807, 2.05) is 0 Å². The number of amidine groups is 1. The highest BCUT2D eigenvalue weighted by molar-refractivity contribution is 7.84. The Morgan fingerprint density at radius 3 is 2.63 bits per heavy atom. The third-order valence-electron chi connectivity index (χ3n) is 3.22. The first kappa shape index (κ1) is 13.7. The van der Waals surface area contributed by atoms with Crippen LogP contribution in [0.2, 0.25) is 0 Å². The van der Waals surface area contributed by atoms with E-state index in [0.717, 1.165) is 0 Å². The van der Waals surface area contributed by atoms with Crippen LogP contribution in [-0.4, -0.2) is 58.6 Å². The summed E-state index contributed by atoms with van der Waals surface area (Å²) < 4.78 is 31.8. The summed E-state index contributed by atoms with van der Waals surface area (Å²) >= 11 is 0. The van der Waals surface area contributed by atoms with Crippen molar-refractivity contribution in [3.8, 4) is 0 Å². The molecule has 106 valence electrons. The van der Waals surface area contributed by atoms with Gasteiger partial charge in [-0.15, -0.1) is 0 Å². The Labute approximate surface area is 109 Å². The Morgan fingerprint density at radius 1 is 1.47 bits per heavy atom. The van der Waals surface area contributed by atoms with Gasteiger partial charge in [-0.05, 0) is 12.8 Å². The van der Waals surface area contributed by atoms with Gasteiger partial charge in [0.25, 0.3) is 0 Å². The van der Waals surface area contributed by atoms with Crippen molar-refractivity contribution in [2.75, 3.05) is 6.54 Å². The van der Waals surface area contributed by atoms with Gasteiger partial charge in [-0.1, -0.05) is 0 Å². The van der Waals surface area contributed by atoms with Gasteiger partial charge in [-0.2, -0.15) is 12.7 Å². The molecule has 2 aliphatic heterocycles. The molecule has 0 aromatic carbocycles. The fraction of sp³-hybridized carbons (Fsp3) is 0.667. The van der Waals surface area contributed by atoms with Gasteiger partial charge in [-0.25, -0.2) is 4.79 Å². The molecule has 0 aliphatic carbocycles. The minimum atomic E-state index is -4.59. The maximum absolute atomic E-state index is 11.9. The second-order valence-electron chi connectivity index (χ2n) is 4.55. The Morgan fingerprint density at radius 2 is 2.11 bits per heavy atom. The van der Waals surface area contributed by atoms with E-state index in [0.29, 0.717) is 17.1 Å². The molecule has 0 spiro atoms. The number of hydrogen-bond acceptors (Lipinski definition) is 5. The molecule has 9 nitrogen and oxygen atoms in total. The van der Waals surface area contributed by atoms with Crippen molar-refractivity contribution in [1.29, 1.82) is 5.41 Å². The van der Waals surface area contributed by atoms with Crippen LogP contribution < -0.4 is 5.32 Å². The second-order valence-corrected chi connectivity index (χ2v) is 5.84. The van der Waals surface area contributed by atoms with Crippen LogP contribution in [0, 0.1) is 5.41 Å². The number of piperidine rings is 1. The topological polar surface area (TPSA) is 131 Å². The summed E-state index contributed by atoms with van der Waals surface area (Å²) in [6.45, 7) is 1.36. The fourth-order valence-corrected chi connectivity index (χ4v) is 3.35. The van der Waals surface area contributed by atoms with Crippen molar-refractivity contribution in [2.24, 2.45) is 0 Å². The van der Waals surface area contributed by atoms with Crippen LogP contribution in [0.25, 0.3) is 0 Å². The molecule has 19 heavy (non-hydrogen) atoms. The third kappa shape index (κ3) is 2.40. The molecule has 0 aromatic rings. The van der Waals surface area contributed by atoms with Crippen LogP contribution in [0.1, 0.15) is 19.8 Å². The van der Waals surface area contributed by atoms with E-state index in [2.05, 4.69) is 5.32 Å².